The number of carboxylic acid groups (broad SMARTS) is 1. The molecule has 6 aromatic rings. The number of hydrogen-bond acceptors (Lipinski definition) is 9. The van der Waals surface area contributed by atoms with Gasteiger partial charge in [0.1, 0.15) is 36.1 Å². The summed E-state index contributed by atoms with van der Waals surface area (Å²) in [5, 5.41) is 16.6. The molecule has 3 aliphatic heterocycles. The van der Waals surface area contributed by atoms with E-state index in [2.05, 4.69) is 63.1 Å². The molecule has 4 amide bonds. The molecule has 2 fully saturated rings. The van der Waals surface area contributed by atoms with Crippen LogP contribution >= 0.6 is 0 Å². The van der Waals surface area contributed by atoms with E-state index in [4.69, 9.17) is 24.2 Å². The number of fused-ring (bicyclic) bond motifs is 5. The Balaban J connectivity index is 0.914. The number of H-pyrrole nitrogens is 2. The molecule has 2 aromatic heterocycles. The van der Waals surface area contributed by atoms with Crippen molar-refractivity contribution in [3.63, 3.8) is 0 Å². The molecule has 16 heteroatoms. The molecule has 63 heavy (non-hydrogen) atoms. The number of hydrogen-bond donors (Lipinski definition) is 5. The largest absolute Gasteiger partial charge is 0.488 e. The zero-order chi connectivity index (χ0) is 43.8. The number of nitrogens with one attached hydrogen (secondary N) is 4. The number of benzene rings is 4. The number of methoxy groups -OCH3 is 2. The number of alkyl carbamates (subject to hydrolysis) is 1. The molecule has 9 rings (SSSR count). The molecule has 3 aliphatic rings. The first-order valence-electron chi connectivity index (χ1n) is 21.1. The maximum absolute atomic E-state index is 13.8. The fourth-order valence-electron chi connectivity index (χ4n) is 9.17. The lowest BCUT2D eigenvalue weighted by Gasteiger charge is -2.30. The first kappa shape index (κ1) is 41.2. The number of amides is 4. The molecule has 0 bridgehead atoms. The van der Waals surface area contributed by atoms with E-state index in [1.165, 1.54) is 14.2 Å². The second kappa shape index (κ2) is 17.3. The van der Waals surface area contributed by atoms with Crippen LogP contribution in [0.15, 0.2) is 91.3 Å². The van der Waals surface area contributed by atoms with Gasteiger partial charge in [-0.2, -0.15) is 0 Å². The predicted molar refractivity (Wildman–Crippen MR) is 232 cm³/mol. The topological polar surface area (TPSA) is 204 Å². The highest BCUT2D eigenvalue weighted by Gasteiger charge is 2.39. The number of carbonyl (C=O) groups excluding carboxylic acids is 3. The summed E-state index contributed by atoms with van der Waals surface area (Å²) in [6, 6.07) is 23.0. The molecular weight excluding hydrogens is 805 g/mol. The molecule has 0 spiro atoms. The SMILES string of the molecule is COC(=O)N[C@H](C(=O)N1CCC[C@H]1c1ncc(-c2ccc3c(c2)COc2c-3ccc3cc(-c4cnc([C@@H]5CCCN5C(=O)[C@H](NC(=O)O)c5ccccc5)[nH]4)ccc23)[nH]1)[C@@H](C)OC. The molecule has 2 saturated heterocycles. The van der Waals surface area contributed by atoms with Gasteiger partial charge in [-0.15, -0.1) is 0 Å². The molecule has 0 unspecified atom stereocenters. The summed E-state index contributed by atoms with van der Waals surface area (Å²) in [6.07, 6.45) is 4.03. The Hall–Kier alpha value is -7.20. The van der Waals surface area contributed by atoms with Crippen molar-refractivity contribution < 1.29 is 38.5 Å². The van der Waals surface area contributed by atoms with Gasteiger partial charge in [-0.3, -0.25) is 9.59 Å². The third-order valence-corrected chi connectivity index (χ3v) is 12.5. The summed E-state index contributed by atoms with van der Waals surface area (Å²) in [6.45, 7) is 3.14. The van der Waals surface area contributed by atoms with Crippen molar-refractivity contribution in [1.82, 2.24) is 40.4 Å². The lowest BCUT2D eigenvalue weighted by molar-refractivity contribution is -0.137. The van der Waals surface area contributed by atoms with Gasteiger partial charge in [0.25, 0.3) is 5.91 Å². The van der Waals surface area contributed by atoms with E-state index < -0.39 is 30.4 Å². The molecule has 324 valence electrons. The fourth-order valence-corrected chi connectivity index (χ4v) is 9.17. The third-order valence-electron chi connectivity index (χ3n) is 12.5. The molecule has 5 N–H and O–H groups in total. The summed E-state index contributed by atoms with van der Waals surface area (Å²) in [7, 11) is 2.75. The first-order valence-corrected chi connectivity index (χ1v) is 21.1. The van der Waals surface area contributed by atoms with Crippen molar-refractivity contribution in [3.05, 3.63) is 114 Å². The summed E-state index contributed by atoms with van der Waals surface area (Å²) < 4.78 is 16.7. The molecule has 0 radical (unpaired) electrons. The zero-order valence-electron chi connectivity index (χ0n) is 35.1. The summed E-state index contributed by atoms with van der Waals surface area (Å²) >= 11 is 0. The Morgan fingerprint density at radius 1 is 0.794 bits per heavy atom. The number of imidazole rings is 2. The lowest BCUT2D eigenvalue weighted by Crippen LogP contribution is -2.54. The predicted octanol–water partition coefficient (Wildman–Crippen LogP) is 7.27. The molecule has 0 saturated carbocycles. The van der Waals surface area contributed by atoms with Crippen LogP contribution in [0.4, 0.5) is 9.59 Å². The van der Waals surface area contributed by atoms with Crippen LogP contribution in [0, 0.1) is 0 Å². The molecule has 0 aliphatic carbocycles. The minimum atomic E-state index is -1.26. The number of aromatic amines is 2. The third kappa shape index (κ3) is 7.93. The number of likely N-dealkylation sites (tertiary alicyclic amines) is 2. The average Bonchev–Trinajstić information content (AvgIpc) is 4.16. The van der Waals surface area contributed by atoms with Crippen molar-refractivity contribution >= 4 is 34.8 Å². The number of nitrogens with zero attached hydrogens (tertiary/aromatic N) is 4. The summed E-state index contributed by atoms with van der Waals surface area (Å²) in [4.78, 5) is 71.1. The molecule has 4 aromatic carbocycles. The van der Waals surface area contributed by atoms with Crippen LogP contribution in [-0.4, -0.2) is 98.3 Å². The van der Waals surface area contributed by atoms with Crippen molar-refractivity contribution in [2.24, 2.45) is 0 Å². The number of aromatic nitrogens is 4. The molecule has 5 atom stereocenters. The number of ether oxygens (including phenoxy) is 3. The van der Waals surface area contributed by atoms with E-state index in [1.807, 2.05) is 12.1 Å². The van der Waals surface area contributed by atoms with Crippen LogP contribution in [0.25, 0.3) is 44.4 Å². The van der Waals surface area contributed by atoms with Gasteiger partial charge in [-0.1, -0.05) is 60.7 Å². The van der Waals surface area contributed by atoms with Gasteiger partial charge >= 0.3 is 12.2 Å². The fraction of sp³-hybridized carbons (Fsp3) is 0.319. The maximum Gasteiger partial charge on any atom is 0.407 e. The second-order valence-corrected chi connectivity index (χ2v) is 16.1. The normalized spacial score (nSPS) is 18.2. The van der Waals surface area contributed by atoms with Crippen LogP contribution in [-0.2, 0) is 25.7 Å². The quantitative estimate of drug-likeness (QED) is 0.0882. The van der Waals surface area contributed by atoms with Gasteiger partial charge in [0, 0.05) is 36.7 Å². The Labute approximate surface area is 363 Å². The van der Waals surface area contributed by atoms with E-state index in [0.717, 1.165) is 75.0 Å². The van der Waals surface area contributed by atoms with Crippen LogP contribution in [0.5, 0.6) is 5.75 Å². The second-order valence-electron chi connectivity index (χ2n) is 16.1. The number of carbonyl (C=O) groups is 4. The molecule has 5 heterocycles. The Bertz CT molecular complexity index is 2700. The maximum atomic E-state index is 13.8. The van der Waals surface area contributed by atoms with E-state index in [-0.39, 0.29) is 23.9 Å². The van der Waals surface area contributed by atoms with E-state index >= 15 is 0 Å². The Kier molecular flexibility index (Phi) is 11.3. The van der Waals surface area contributed by atoms with E-state index in [0.29, 0.717) is 43.3 Å². The average molecular weight is 853 g/mol. The Morgan fingerprint density at radius 2 is 1.43 bits per heavy atom. The van der Waals surface area contributed by atoms with Crippen molar-refractivity contribution in [2.45, 2.75) is 69.5 Å². The van der Waals surface area contributed by atoms with Crippen LogP contribution in [0.1, 0.15) is 73.5 Å². The van der Waals surface area contributed by atoms with E-state index in [1.54, 1.807) is 53.4 Å². The highest BCUT2D eigenvalue weighted by atomic mass is 16.5. The molecule has 16 nitrogen and oxygen atoms in total. The smallest absolute Gasteiger partial charge is 0.407 e. The van der Waals surface area contributed by atoms with Crippen molar-refractivity contribution in [1.29, 1.82) is 0 Å². The van der Waals surface area contributed by atoms with Gasteiger partial charge in [0.05, 0.1) is 49.1 Å². The minimum absolute atomic E-state index is 0.257. The van der Waals surface area contributed by atoms with Crippen molar-refractivity contribution in [2.75, 3.05) is 27.3 Å². The van der Waals surface area contributed by atoms with Gasteiger partial charge < -0.3 is 49.7 Å². The van der Waals surface area contributed by atoms with Crippen LogP contribution in [0.2, 0.25) is 0 Å². The first-order chi connectivity index (χ1) is 30.6. The summed E-state index contributed by atoms with van der Waals surface area (Å²) in [5.41, 5.74) is 7.19. The lowest BCUT2D eigenvalue weighted by atomic mass is 9.92. The van der Waals surface area contributed by atoms with E-state index in [9.17, 15) is 24.3 Å². The number of rotatable bonds is 11. The van der Waals surface area contributed by atoms with Gasteiger partial charge in [-0.05, 0) is 78.4 Å². The highest BCUT2D eigenvalue weighted by molar-refractivity contribution is 5.98. The Morgan fingerprint density at radius 3 is 2.08 bits per heavy atom. The van der Waals surface area contributed by atoms with Crippen LogP contribution < -0.4 is 15.4 Å². The van der Waals surface area contributed by atoms with Gasteiger partial charge in [0.15, 0.2) is 0 Å². The molecular formula is C47H48N8O8. The minimum Gasteiger partial charge on any atom is -0.488 e. The summed E-state index contributed by atoms with van der Waals surface area (Å²) in [5.74, 6) is 1.57. The highest BCUT2D eigenvalue weighted by Crippen LogP contribution is 2.44. The zero-order valence-corrected chi connectivity index (χ0v) is 35.1. The van der Waals surface area contributed by atoms with Gasteiger partial charge in [0.2, 0.25) is 5.91 Å². The standard InChI is InChI=1S/C47H48N8O8/c1-26(61-2)39(53-47(60)62-3)44(56)54-19-7-11-37(54)42-49-24-36(51-42)30-14-16-32-31(22-30)25-63-41-33-17-15-29(21-28(33)13-18-34(32)41)35-23-48-43(50-35)38-12-8-20-55(38)45(57)40(52-46(58)59)27-9-5-4-6-10-27/h4-6,9-10,13-18,21-24,26,37-40,52H,7-8,11-12,19-20,25H2,1-3H3,(H,48,50)(H,49,51)(H,53,60)(H,58,59)/t26-,37+,38+,39+,40-/m1/s1. The van der Waals surface area contributed by atoms with Crippen LogP contribution in [0.3, 0.4) is 0 Å². The van der Waals surface area contributed by atoms with Gasteiger partial charge in [-0.25, -0.2) is 19.6 Å². The van der Waals surface area contributed by atoms with Crippen molar-refractivity contribution in [3.8, 4) is 39.4 Å². The monoisotopic (exact) mass is 852 g/mol.